The largest absolute Gasteiger partial charge is 0.374 e. The maximum atomic E-state index is 11.9. The summed E-state index contributed by atoms with van der Waals surface area (Å²) >= 11 is 0. The van der Waals surface area contributed by atoms with Crippen molar-refractivity contribution in [2.45, 2.75) is 6.43 Å². The minimum Gasteiger partial charge on any atom is -0.374 e. The normalized spacial score (nSPS) is 10.0. The number of rotatable bonds is 6. The molecule has 0 atom stereocenters. The SMILES string of the molecule is NCC#Cc1ccccc1C(=O)NCCOCC(F)F. The van der Waals surface area contributed by atoms with Gasteiger partial charge < -0.3 is 15.8 Å². The molecule has 0 aliphatic carbocycles. The average molecular weight is 282 g/mol. The van der Waals surface area contributed by atoms with Crippen LogP contribution in [0.1, 0.15) is 15.9 Å². The molecule has 0 radical (unpaired) electrons. The lowest BCUT2D eigenvalue weighted by atomic mass is 10.1. The van der Waals surface area contributed by atoms with E-state index in [1.165, 1.54) is 0 Å². The molecule has 108 valence electrons. The molecule has 1 aromatic rings. The predicted octanol–water partition coefficient (Wildman–Crippen LogP) is 1.01. The lowest BCUT2D eigenvalue weighted by molar-refractivity contribution is 0.0188. The van der Waals surface area contributed by atoms with Crippen LogP contribution in [0.2, 0.25) is 0 Å². The van der Waals surface area contributed by atoms with E-state index in [4.69, 9.17) is 5.73 Å². The summed E-state index contributed by atoms with van der Waals surface area (Å²) in [5, 5.41) is 2.58. The molecule has 0 heterocycles. The zero-order chi connectivity index (χ0) is 14.8. The Bertz CT molecular complexity index is 495. The molecule has 6 heteroatoms. The fourth-order valence-corrected chi connectivity index (χ4v) is 1.44. The number of alkyl halides is 2. The van der Waals surface area contributed by atoms with Crippen molar-refractivity contribution >= 4 is 5.91 Å². The molecule has 20 heavy (non-hydrogen) atoms. The Hall–Kier alpha value is -1.97. The van der Waals surface area contributed by atoms with Gasteiger partial charge in [0.1, 0.15) is 6.61 Å². The van der Waals surface area contributed by atoms with Gasteiger partial charge in [-0.05, 0) is 12.1 Å². The quantitative estimate of drug-likeness (QED) is 0.604. The number of amides is 1. The summed E-state index contributed by atoms with van der Waals surface area (Å²) in [4.78, 5) is 11.9. The van der Waals surface area contributed by atoms with Crippen LogP contribution in [0.15, 0.2) is 24.3 Å². The molecule has 0 bridgehead atoms. The molecule has 0 fully saturated rings. The first-order valence-corrected chi connectivity index (χ1v) is 6.07. The first-order chi connectivity index (χ1) is 9.65. The van der Waals surface area contributed by atoms with Gasteiger partial charge in [0.05, 0.1) is 18.7 Å². The van der Waals surface area contributed by atoms with Crippen LogP contribution >= 0.6 is 0 Å². The summed E-state index contributed by atoms with van der Waals surface area (Å²) in [5.41, 5.74) is 6.28. The van der Waals surface area contributed by atoms with Crippen LogP contribution in [0, 0.1) is 11.8 Å². The van der Waals surface area contributed by atoms with Crippen molar-refractivity contribution in [2.75, 3.05) is 26.3 Å². The van der Waals surface area contributed by atoms with Gasteiger partial charge in [0.25, 0.3) is 12.3 Å². The number of halogens is 2. The Balaban J connectivity index is 2.51. The summed E-state index contributed by atoms with van der Waals surface area (Å²) in [6, 6.07) is 6.83. The van der Waals surface area contributed by atoms with Crippen LogP contribution in [-0.4, -0.2) is 38.6 Å². The minimum absolute atomic E-state index is 0.0344. The Kier molecular flexibility index (Phi) is 7.25. The van der Waals surface area contributed by atoms with Crippen molar-refractivity contribution < 1.29 is 18.3 Å². The van der Waals surface area contributed by atoms with Gasteiger partial charge in [-0.1, -0.05) is 24.0 Å². The molecule has 1 rings (SSSR count). The lowest BCUT2D eigenvalue weighted by Gasteiger charge is -2.07. The molecule has 0 saturated carbocycles. The van der Waals surface area contributed by atoms with Crippen LogP contribution in [-0.2, 0) is 4.74 Å². The van der Waals surface area contributed by atoms with Gasteiger partial charge in [-0.3, -0.25) is 4.79 Å². The lowest BCUT2D eigenvalue weighted by Crippen LogP contribution is -2.28. The maximum absolute atomic E-state index is 11.9. The van der Waals surface area contributed by atoms with Crippen molar-refractivity contribution in [3.05, 3.63) is 35.4 Å². The van der Waals surface area contributed by atoms with Gasteiger partial charge in [-0.25, -0.2) is 8.78 Å². The summed E-state index contributed by atoms with van der Waals surface area (Å²) in [6.45, 7) is -0.233. The van der Waals surface area contributed by atoms with Gasteiger partial charge in [0, 0.05) is 12.1 Å². The molecule has 4 nitrogen and oxygen atoms in total. The van der Waals surface area contributed by atoms with E-state index in [0.29, 0.717) is 11.1 Å². The number of hydrogen-bond acceptors (Lipinski definition) is 3. The van der Waals surface area contributed by atoms with E-state index in [-0.39, 0.29) is 25.6 Å². The first-order valence-electron chi connectivity index (χ1n) is 6.07. The van der Waals surface area contributed by atoms with Crippen molar-refractivity contribution in [2.24, 2.45) is 5.73 Å². The third kappa shape index (κ3) is 5.78. The number of nitrogens with two attached hydrogens (primary N) is 1. The van der Waals surface area contributed by atoms with Gasteiger partial charge in [-0.2, -0.15) is 0 Å². The third-order valence-electron chi connectivity index (χ3n) is 2.27. The molecular formula is C14H16F2N2O2. The molecule has 0 saturated heterocycles. The molecular weight excluding hydrogens is 266 g/mol. The Morgan fingerprint density at radius 2 is 2.15 bits per heavy atom. The van der Waals surface area contributed by atoms with Crippen LogP contribution in [0.4, 0.5) is 8.78 Å². The topological polar surface area (TPSA) is 64.4 Å². The monoisotopic (exact) mass is 282 g/mol. The van der Waals surface area contributed by atoms with E-state index >= 15 is 0 Å². The Labute approximate surface area is 116 Å². The average Bonchev–Trinajstić information content (AvgIpc) is 2.44. The first kappa shape index (κ1) is 16.1. The van der Waals surface area contributed by atoms with Crippen molar-refractivity contribution in [1.29, 1.82) is 0 Å². The van der Waals surface area contributed by atoms with E-state index < -0.39 is 13.0 Å². The van der Waals surface area contributed by atoms with E-state index in [1.807, 2.05) is 0 Å². The van der Waals surface area contributed by atoms with E-state index in [0.717, 1.165) is 0 Å². The third-order valence-corrected chi connectivity index (χ3v) is 2.27. The highest BCUT2D eigenvalue weighted by Gasteiger charge is 2.09. The molecule has 0 aliphatic heterocycles. The fraction of sp³-hybridized carbons (Fsp3) is 0.357. The number of hydrogen-bond donors (Lipinski definition) is 2. The fourth-order valence-electron chi connectivity index (χ4n) is 1.44. The molecule has 1 aromatic carbocycles. The highest BCUT2D eigenvalue weighted by molar-refractivity contribution is 5.96. The predicted molar refractivity (Wildman–Crippen MR) is 71.5 cm³/mol. The van der Waals surface area contributed by atoms with Gasteiger partial charge in [-0.15, -0.1) is 0 Å². The highest BCUT2D eigenvalue weighted by atomic mass is 19.3. The number of ether oxygens (including phenoxy) is 1. The smallest absolute Gasteiger partial charge is 0.261 e. The van der Waals surface area contributed by atoms with Crippen LogP contribution in [0.25, 0.3) is 0 Å². The molecule has 0 aliphatic rings. The number of carbonyl (C=O) groups is 1. The Morgan fingerprint density at radius 1 is 1.40 bits per heavy atom. The second kappa shape index (κ2) is 9.02. The van der Waals surface area contributed by atoms with Crippen molar-refractivity contribution in [3.63, 3.8) is 0 Å². The summed E-state index contributed by atoms with van der Waals surface area (Å²) < 4.78 is 28.3. The maximum Gasteiger partial charge on any atom is 0.261 e. The molecule has 0 aromatic heterocycles. The van der Waals surface area contributed by atoms with E-state index in [2.05, 4.69) is 21.9 Å². The zero-order valence-electron chi connectivity index (χ0n) is 10.9. The number of nitrogens with one attached hydrogen (secondary N) is 1. The summed E-state index contributed by atoms with van der Waals surface area (Å²) in [5.74, 6) is 5.16. The number of carbonyl (C=O) groups excluding carboxylic acids is 1. The summed E-state index contributed by atoms with van der Waals surface area (Å²) in [6.07, 6.45) is -2.50. The molecule has 1 amide bonds. The van der Waals surface area contributed by atoms with Crippen LogP contribution in [0.3, 0.4) is 0 Å². The van der Waals surface area contributed by atoms with Crippen LogP contribution in [0.5, 0.6) is 0 Å². The van der Waals surface area contributed by atoms with Crippen molar-refractivity contribution in [1.82, 2.24) is 5.32 Å². The van der Waals surface area contributed by atoms with Gasteiger partial charge in [0.15, 0.2) is 0 Å². The molecule has 0 unspecified atom stereocenters. The highest BCUT2D eigenvalue weighted by Crippen LogP contribution is 2.06. The minimum atomic E-state index is -2.50. The number of benzene rings is 1. The standard InChI is InChI=1S/C14H16F2N2O2/c15-13(16)10-20-9-8-18-14(19)12-6-2-1-4-11(12)5-3-7-17/h1-2,4,6,13H,7-10,17H2,(H,18,19). The Morgan fingerprint density at radius 3 is 2.85 bits per heavy atom. The van der Waals surface area contributed by atoms with E-state index in [1.54, 1.807) is 24.3 Å². The van der Waals surface area contributed by atoms with E-state index in [9.17, 15) is 13.6 Å². The van der Waals surface area contributed by atoms with Crippen molar-refractivity contribution in [3.8, 4) is 11.8 Å². The van der Waals surface area contributed by atoms with Crippen LogP contribution < -0.4 is 11.1 Å². The summed E-state index contributed by atoms with van der Waals surface area (Å²) in [7, 11) is 0. The van der Waals surface area contributed by atoms with Gasteiger partial charge in [0.2, 0.25) is 0 Å². The second-order valence-electron chi connectivity index (χ2n) is 3.77. The zero-order valence-corrected chi connectivity index (χ0v) is 10.9. The second-order valence-corrected chi connectivity index (χ2v) is 3.77. The van der Waals surface area contributed by atoms with Gasteiger partial charge >= 0.3 is 0 Å². The molecule has 3 N–H and O–H groups in total. The molecule has 0 spiro atoms.